The zero-order chi connectivity index (χ0) is 13.3. The summed E-state index contributed by atoms with van der Waals surface area (Å²) >= 11 is 1.92. The number of hydrogen-bond donors (Lipinski definition) is 3. The summed E-state index contributed by atoms with van der Waals surface area (Å²) in [5.74, 6) is -1.37. The van der Waals surface area contributed by atoms with Crippen LogP contribution in [0.4, 0.5) is 4.79 Å². The fourth-order valence-corrected chi connectivity index (χ4v) is 1.93. The Kier molecular flexibility index (Phi) is 3.32. The van der Waals surface area contributed by atoms with Crippen LogP contribution >= 0.6 is 22.6 Å². The Morgan fingerprint density at radius 1 is 1.11 bits per heavy atom. The standard InChI is InChI=1S/C11H7IN2O4/c12-7-4-5(1-2-8(7)15)3-6-9(16)13-11(18)14-10(6)17/h1-4,15H,(H2,13,14,16,17,18). The van der Waals surface area contributed by atoms with Crippen molar-refractivity contribution >= 4 is 46.5 Å². The molecule has 2 rings (SSSR count). The van der Waals surface area contributed by atoms with Gasteiger partial charge in [0.25, 0.3) is 11.8 Å². The molecule has 1 saturated heterocycles. The second kappa shape index (κ2) is 4.77. The van der Waals surface area contributed by atoms with Crippen molar-refractivity contribution in [1.82, 2.24) is 10.6 Å². The number of barbiturate groups is 1. The normalized spacial score (nSPS) is 15.2. The van der Waals surface area contributed by atoms with Crippen LogP contribution in [0.25, 0.3) is 6.08 Å². The van der Waals surface area contributed by atoms with Gasteiger partial charge in [-0.1, -0.05) is 6.07 Å². The van der Waals surface area contributed by atoms with Crippen LogP contribution in [-0.4, -0.2) is 23.0 Å². The molecular formula is C11H7IN2O4. The molecule has 1 aliphatic heterocycles. The number of aromatic hydroxyl groups is 1. The summed E-state index contributed by atoms with van der Waals surface area (Å²) in [6.45, 7) is 0. The van der Waals surface area contributed by atoms with Gasteiger partial charge in [-0.2, -0.15) is 0 Å². The number of urea groups is 1. The maximum Gasteiger partial charge on any atom is 0.328 e. The predicted octanol–water partition coefficient (Wildman–Crippen LogP) is 0.746. The van der Waals surface area contributed by atoms with Crippen molar-refractivity contribution in [2.24, 2.45) is 0 Å². The van der Waals surface area contributed by atoms with E-state index in [4.69, 9.17) is 0 Å². The monoisotopic (exact) mass is 358 g/mol. The highest BCUT2D eigenvalue weighted by molar-refractivity contribution is 14.1. The van der Waals surface area contributed by atoms with Crippen molar-refractivity contribution in [3.8, 4) is 5.75 Å². The summed E-state index contributed by atoms with van der Waals surface area (Å²) in [6, 6.07) is 3.79. The van der Waals surface area contributed by atoms with Crippen molar-refractivity contribution in [2.75, 3.05) is 0 Å². The largest absolute Gasteiger partial charge is 0.507 e. The maximum absolute atomic E-state index is 11.5. The molecule has 0 atom stereocenters. The number of halogens is 1. The molecule has 0 saturated carbocycles. The van der Waals surface area contributed by atoms with Gasteiger partial charge >= 0.3 is 6.03 Å². The molecule has 0 bridgehead atoms. The average molecular weight is 358 g/mol. The molecule has 7 heteroatoms. The third kappa shape index (κ3) is 2.50. The van der Waals surface area contributed by atoms with Crippen molar-refractivity contribution in [2.45, 2.75) is 0 Å². The molecule has 3 N–H and O–H groups in total. The molecule has 0 radical (unpaired) electrons. The van der Waals surface area contributed by atoms with Gasteiger partial charge < -0.3 is 5.11 Å². The highest BCUT2D eigenvalue weighted by Gasteiger charge is 2.27. The van der Waals surface area contributed by atoms with E-state index in [9.17, 15) is 19.5 Å². The third-order valence-electron chi connectivity index (χ3n) is 2.23. The van der Waals surface area contributed by atoms with Crippen molar-refractivity contribution in [1.29, 1.82) is 0 Å². The molecule has 1 heterocycles. The zero-order valence-corrected chi connectivity index (χ0v) is 11.0. The minimum absolute atomic E-state index is 0.116. The zero-order valence-electron chi connectivity index (χ0n) is 8.86. The second-order valence-corrected chi connectivity index (χ2v) is 4.67. The minimum Gasteiger partial charge on any atom is -0.507 e. The van der Waals surface area contributed by atoms with Crippen LogP contribution in [0, 0.1) is 3.57 Å². The highest BCUT2D eigenvalue weighted by atomic mass is 127. The van der Waals surface area contributed by atoms with Gasteiger partial charge in [0, 0.05) is 0 Å². The highest BCUT2D eigenvalue weighted by Crippen LogP contribution is 2.21. The van der Waals surface area contributed by atoms with Crippen molar-refractivity contribution in [3.05, 3.63) is 32.9 Å². The van der Waals surface area contributed by atoms with E-state index >= 15 is 0 Å². The smallest absolute Gasteiger partial charge is 0.328 e. The van der Waals surface area contributed by atoms with Crippen LogP contribution in [0.1, 0.15) is 5.56 Å². The Hall–Kier alpha value is -1.90. The first-order valence-electron chi connectivity index (χ1n) is 4.84. The Balaban J connectivity index is 2.37. The Labute approximate surface area is 115 Å². The second-order valence-electron chi connectivity index (χ2n) is 3.51. The van der Waals surface area contributed by atoms with Gasteiger partial charge in [0.15, 0.2) is 0 Å². The summed E-state index contributed by atoms with van der Waals surface area (Å²) in [4.78, 5) is 33.8. The molecule has 1 aliphatic rings. The van der Waals surface area contributed by atoms with Crippen LogP contribution < -0.4 is 10.6 Å². The summed E-state index contributed by atoms with van der Waals surface area (Å²) in [7, 11) is 0. The number of imide groups is 2. The van der Waals surface area contributed by atoms with E-state index in [2.05, 4.69) is 0 Å². The molecule has 92 valence electrons. The lowest BCUT2D eigenvalue weighted by Crippen LogP contribution is -2.51. The van der Waals surface area contributed by atoms with Crippen LogP contribution in [0.15, 0.2) is 23.8 Å². The van der Waals surface area contributed by atoms with E-state index in [1.54, 1.807) is 12.1 Å². The van der Waals surface area contributed by atoms with Crippen LogP contribution in [-0.2, 0) is 9.59 Å². The average Bonchev–Trinajstić information content (AvgIpc) is 2.28. The number of carbonyl (C=O) groups excluding carboxylic acids is 3. The maximum atomic E-state index is 11.5. The number of carbonyl (C=O) groups is 3. The Morgan fingerprint density at radius 3 is 2.28 bits per heavy atom. The lowest BCUT2D eigenvalue weighted by Gasteiger charge is -2.13. The van der Waals surface area contributed by atoms with E-state index in [0.717, 1.165) is 0 Å². The molecule has 18 heavy (non-hydrogen) atoms. The number of phenolic OH excluding ortho intramolecular Hbond substituents is 1. The van der Waals surface area contributed by atoms with Gasteiger partial charge in [-0.05, 0) is 46.4 Å². The van der Waals surface area contributed by atoms with E-state index in [1.165, 1.54) is 12.1 Å². The van der Waals surface area contributed by atoms with Crippen molar-refractivity contribution in [3.63, 3.8) is 0 Å². The molecule has 0 aliphatic carbocycles. The van der Waals surface area contributed by atoms with Crippen molar-refractivity contribution < 1.29 is 19.5 Å². The van der Waals surface area contributed by atoms with Gasteiger partial charge in [-0.25, -0.2) is 4.79 Å². The number of amides is 4. The van der Waals surface area contributed by atoms with Gasteiger partial charge in [0.2, 0.25) is 0 Å². The lowest BCUT2D eigenvalue weighted by molar-refractivity contribution is -0.123. The Bertz CT molecular complexity index is 573. The lowest BCUT2D eigenvalue weighted by atomic mass is 10.1. The number of phenols is 1. The number of benzene rings is 1. The first kappa shape index (κ1) is 12.6. The molecule has 6 nitrogen and oxygen atoms in total. The summed E-state index contributed by atoms with van der Waals surface area (Å²) in [6.07, 6.45) is 1.35. The van der Waals surface area contributed by atoms with E-state index < -0.39 is 17.8 Å². The van der Waals surface area contributed by atoms with E-state index in [-0.39, 0.29) is 11.3 Å². The molecule has 4 amide bonds. The molecule has 1 aromatic rings. The fourth-order valence-electron chi connectivity index (χ4n) is 1.39. The molecule has 0 unspecified atom stereocenters. The SMILES string of the molecule is O=C1NC(=O)C(=Cc2ccc(O)c(I)c2)C(=O)N1. The minimum atomic E-state index is -0.831. The fraction of sp³-hybridized carbons (Fsp3) is 0. The van der Waals surface area contributed by atoms with Gasteiger partial charge in [0.1, 0.15) is 11.3 Å². The topological polar surface area (TPSA) is 95.5 Å². The van der Waals surface area contributed by atoms with Gasteiger partial charge in [-0.15, -0.1) is 0 Å². The van der Waals surface area contributed by atoms with E-state index in [1.807, 2.05) is 33.2 Å². The number of hydrogen-bond acceptors (Lipinski definition) is 4. The third-order valence-corrected chi connectivity index (χ3v) is 3.09. The predicted molar refractivity (Wildman–Crippen MR) is 70.5 cm³/mol. The molecule has 0 spiro atoms. The molecule has 0 aromatic heterocycles. The van der Waals surface area contributed by atoms with Crippen LogP contribution in [0.3, 0.4) is 0 Å². The molecular weight excluding hydrogens is 351 g/mol. The first-order valence-corrected chi connectivity index (χ1v) is 5.92. The van der Waals surface area contributed by atoms with Gasteiger partial charge in [-0.3, -0.25) is 20.2 Å². The summed E-state index contributed by atoms with van der Waals surface area (Å²) < 4.78 is 0.592. The van der Waals surface area contributed by atoms with Crippen LogP contribution in [0.5, 0.6) is 5.75 Å². The Morgan fingerprint density at radius 2 is 1.72 bits per heavy atom. The number of nitrogens with one attached hydrogen (secondary N) is 2. The van der Waals surface area contributed by atoms with E-state index in [0.29, 0.717) is 9.13 Å². The molecule has 1 aromatic carbocycles. The first-order chi connectivity index (χ1) is 8.47. The summed E-state index contributed by atoms with van der Waals surface area (Å²) in [5, 5.41) is 13.3. The molecule has 1 fully saturated rings. The number of rotatable bonds is 1. The quantitative estimate of drug-likeness (QED) is 0.392. The van der Waals surface area contributed by atoms with Gasteiger partial charge in [0.05, 0.1) is 3.57 Å². The van der Waals surface area contributed by atoms with Crippen LogP contribution in [0.2, 0.25) is 0 Å². The summed E-state index contributed by atoms with van der Waals surface area (Å²) in [5.41, 5.74) is 0.419.